The van der Waals surface area contributed by atoms with E-state index in [-0.39, 0.29) is 17.7 Å². The summed E-state index contributed by atoms with van der Waals surface area (Å²) in [5, 5.41) is 12.4. The molecule has 1 aromatic carbocycles. The van der Waals surface area contributed by atoms with Crippen molar-refractivity contribution < 1.29 is 13.9 Å². The van der Waals surface area contributed by atoms with Gasteiger partial charge in [0.2, 0.25) is 0 Å². The molecule has 0 saturated carbocycles. The summed E-state index contributed by atoms with van der Waals surface area (Å²) >= 11 is 0. The maximum absolute atomic E-state index is 14.1. The summed E-state index contributed by atoms with van der Waals surface area (Å²) in [7, 11) is 1.74. The lowest BCUT2D eigenvalue weighted by atomic mass is 9.92. The van der Waals surface area contributed by atoms with Crippen LogP contribution in [0.5, 0.6) is 0 Å². The molecule has 1 saturated heterocycles. The quantitative estimate of drug-likeness (QED) is 0.890. The summed E-state index contributed by atoms with van der Waals surface area (Å²) in [6.07, 6.45) is 1.16. The van der Waals surface area contributed by atoms with Crippen molar-refractivity contribution in [3.8, 4) is 0 Å². The SMILES string of the molecule is CNCc1cc(F)c(N2CCC(C(C)O)CC2)c(F)c1. The second-order valence-corrected chi connectivity index (χ2v) is 5.50. The van der Waals surface area contributed by atoms with E-state index < -0.39 is 11.6 Å². The van der Waals surface area contributed by atoms with E-state index in [1.54, 1.807) is 18.9 Å². The van der Waals surface area contributed by atoms with E-state index in [4.69, 9.17) is 0 Å². The average Bonchev–Trinajstić information content (AvgIpc) is 2.39. The number of nitrogens with one attached hydrogen (secondary N) is 1. The van der Waals surface area contributed by atoms with Crippen LogP contribution in [-0.4, -0.2) is 31.3 Å². The van der Waals surface area contributed by atoms with E-state index in [9.17, 15) is 13.9 Å². The number of halogens is 2. The third-order valence-corrected chi connectivity index (χ3v) is 4.00. The Balaban J connectivity index is 2.14. The van der Waals surface area contributed by atoms with Crippen LogP contribution in [0.15, 0.2) is 12.1 Å². The van der Waals surface area contributed by atoms with Gasteiger partial charge in [0.1, 0.15) is 17.3 Å². The first-order valence-corrected chi connectivity index (χ1v) is 7.08. The smallest absolute Gasteiger partial charge is 0.149 e. The predicted octanol–water partition coefficient (Wildman–Crippen LogP) is 2.28. The standard InChI is InChI=1S/C15H22F2N2O/c1-10(20)12-3-5-19(6-4-12)15-13(16)7-11(9-18-2)8-14(15)17/h7-8,10,12,18,20H,3-6,9H2,1-2H3. The van der Waals surface area contributed by atoms with E-state index in [2.05, 4.69) is 5.32 Å². The molecule has 1 atom stereocenters. The monoisotopic (exact) mass is 284 g/mol. The molecular formula is C15H22F2N2O. The maximum atomic E-state index is 14.1. The minimum atomic E-state index is -0.509. The lowest BCUT2D eigenvalue weighted by Gasteiger charge is -2.35. The fourth-order valence-electron chi connectivity index (χ4n) is 2.83. The van der Waals surface area contributed by atoms with Crippen molar-refractivity contribution in [3.63, 3.8) is 0 Å². The molecule has 1 heterocycles. The Morgan fingerprint density at radius 3 is 2.30 bits per heavy atom. The molecule has 20 heavy (non-hydrogen) atoms. The number of hydrogen-bond acceptors (Lipinski definition) is 3. The highest BCUT2D eigenvalue weighted by atomic mass is 19.1. The lowest BCUT2D eigenvalue weighted by molar-refractivity contribution is 0.109. The van der Waals surface area contributed by atoms with Crippen LogP contribution < -0.4 is 10.2 Å². The summed E-state index contributed by atoms with van der Waals surface area (Å²) in [5.74, 6) is -0.794. The Morgan fingerprint density at radius 1 is 1.30 bits per heavy atom. The molecule has 1 aromatic rings. The normalized spacial score (nSPS) is 18.4. The molecule has 0 spiro atoms. The summed E-state index contributed by atoms with van der Waals surface area (Å²) in [6.45, 7) is 3.37. The minimum absolute atomic E-state index is 0.0638. The largest absolute Gasteiger partial charge is 0.393 e. The van der Waals surface area contributed by atoms with Gasteiger partial charge in [0.25, 0.3) is 0 Å². The Kier molecular flexibility index (Phi) is 4.94. The highest BCUT2D eigenvalue weighted by Crippen LogP contribution is 2.30. The van der Waals surface area contributed by atoms with Crippen molar-refractivity contribution in [2.45, 2.75) is 32.4 Å². The minimum Gasteiger partial charge on any atom is -0.393 e. The highest BCUT2D eigenvalue weighted by Gasteiger charge is 2.26. The molecule has 5 heteroatoms. The van der Waals surface area contributed by atoms with Crippen LogP contribution in [0.3, 0.4) is 0 Å². The van der Waals surface area contributed by atoms with Crippen LogP contribution in [0.1, 0.15) is 25.3 Å². The molecule has 0 radical (unpaired) electrons. The summed E-state index contributed by atoms with van der Waals surface area (Å²) in [6, 6.07) is 2.77. The molecule has 0 aliphatic carbocycles. The van der Waals surface area contributed by atoms with Crippen molar-refractivity contribution in [1.82, 2.24) is 5.32 Å². The number of hydrogen-bond donors (Lipinski definition) is 2. The molecule has 1 unspecified atom stereocenters. The van der Waals surface area contributed by atoms with Gasteiger partial charge in [-0.1, -0.05) is 0 Å². The topological polar surface area (TPSA) is 35.5 Å². The zero-order valence-electron chi connectivity index (χ0n) is 12.0. The Hall–Kier alpha value is -1.20. The number of piperidine rings is 1. The van der Waals surface area contributed by atoms with Crippen LogP contribution >= 0.6 is 0 Å². The zero-order chi connectivity index (χ0) is 14.7. The molecule has 0 amide bonds. The van der Waals surface area contributed by atoms with Crippen LogP contribution in [0.4, 0.5) is 14.5 Å². The van der Waals surface area contributed by atoms with Crippen molar-refractivity contribution >= 4 is 5.69 Å². The summed E-state index contributed by atoms with van der Waals surface area (Å²) in [4.78, 5) is 1.74. The Bertz CT molecular complexity index is 434. The molecule has 2 rings (SSSR count). The third-order valence-electron chi connectivity index (χ3n) is 4.00. The van der Waals surface area contributed by atoms with E-state index in [1.807, 2.05) is 0 Å². The third kappa shape index (κ3) is 3.27. The molecule has 112 valence electrons. The maximum Gasteiger partial charge on any atom is 0.149 e. The zero-order valence-corrected chi connectivity index (χ0v) is 12.0. The Labute approximate surface area is 118 Å². The molecule has 1 fully saturated rings. The molecule has 0 bridgehead atoms. The summed E-state index contributed by atoms with van der Waals surface area (Å²) < 4.78 is 28.2. The lowest BCUT2D eigenvalue weighted by Crippen LogP contribution is -2.38. The van der Waals surface area contributed by atoms with Crippen molar-refractivity contribution in [1.29, 1.82) is 0 Å². The molecule has 1 aliphatic heterocycles. The second kappa shape index (κ2) is 6.50. The predicted molar refractivity (Wildman–Crippen MR) is 75.7 cm³/mol. The summed E-state index contributed by atoms with van der Waals surface area (Å²) in [5.41, 5.74) is 0.666. The van der Waals surface area contributed by atoms with Gasteiger partial charge in [-0.15, -0.1) is 0 Å². The molecule has 2 N–H and O–H groups in total. The molecule has 3 nitrogen and oxygen atoms in total. The number of nitrogens with zero attached hydrogens (tertiary/aromatic N) is 1. The number of aliphatic hydroxyl groups excluding tert-OH is 1. The van der Waals surface area contributed by atoms with Gasteiger partial charge in [0.05, 0.1) is 6.10 Å². The van der Waals surface area contributed by atoms with Gasteiger partial charge in [0.15, 0.2) is 0 Å². The van der Waals surface area contributed by atoms with Crippen LogP contribution in [0.25, 0.3) is 0 Å². The van der Waals surface area contributed by atoms with Gasteiger partial charge >= 0.3 is 0 Å². The first-order valence-electron chi connectivity index (χ1n) is 7.08. The van der Waals surface area contributed by atoms with Gasteiger partial charge in [0, 0.05) is 19.6 Å². The van der Waals surface area contributed by atoms with E-state index >= 15 is 0 Å². The number of rotatable bonds is 4. The second-order valence-electron chi connectivity index (χ2n) is 5.50. The molecule has 0 aromatic heterocycles. The molecule has 1 aliphatic rings. The van der Waals surface area contributed by atoms with Crippen LogP contribution in [0.2, 0.25) is 0 Å². The number of anilines is 1. The Morgan fingerprint density at radius 2 is 1.85 bits per heavy atom. The first-order chi connectivity index (χ1) is 9.52. The van der Waals surface area contributed by atoms with Gasteiger partial charge in [-0.25, -0.2) is 8.78 Å². The van der Waals surface area contributed by atoms with Crippen LogP contribution in [-0.2, 0) is 6.54 Å². The van der Waals surface area contributed by atoms with Crippen molar-refractivity contribution in [2.24, 2.45) is 5.92 Å². The van der Waals surface area contributed by atoms with Crippen LogP contribution in [0, 0.1) is 17.6 Å². The van der Waals surface area contributed by atoms with Gasteiger partial charge < -0.3 is 15.3 Å². The van der Waals surface area contributed by atoms with Gasteiger partial charge in [-0.3, -0.25) is 0 Å². The highest BCUT2D eigenvalue weighted by molar-refractivity contribution is 5.51. The first kappa shape index (κ1) is 15.2. The van der Waals surface area contributed by atoms with Crippen molar-refractivity contribution in [2.75, 3.05) is 25.0 Å². The fraction of sp³-hybridized carbons (Fsp3) is 0.600. The van der Waals surface area contributed by atoms with E-state index in [1.165, 1.54) is 12.1 Å². The molecular weight excluding hydrogens is 262 g/mol. The van der Waals surface area contributed by atoms with Gasteiger partial charge in [-0.05, 0) is 50.4 Å². The van der Waals surface area contributed by atoms with Gasteiger partial charge in [-0.2, -0.15) is 0 Å². The number of benzene rings is 1. The fourth-order valence-corrected chi connectivity index (χ4v) is 2.83. The van der Waals surface area contributed by atoms with E-state index in [0.29, 0.717) is 25.2 Å². The average molecular weight is 284 g/mol. The van der Waals surface area contributed by atoms with Crippen molar-refractivity contribution in [3.05, 3.63) is 29.3 Å². The van der Waals surface area contributed by atoms with E-state index in [0.717, 1.165) is 12.8 Å². The number of aliphatic hydroxyl groups is 1.